The Bertz CT molecular complexity index is 346. The van der Waals surface area contributed by atoms with Crippen molar-refractivity contribution in [1.82, 2.24) is 20.4 Å². The highest BCUT2D eigenvalue weighted by Crippen LogP contribution is 2.12. The lowest BCUT2D eigenvalue weighted by Crippen LogP contribution is -2.57. The fraction of sp³-hybridized carbons (Fsp3) is 0.571. The first-order valence-corrected chi connectivity index (χ1v) is 5.05. The van der Waals surface area contributed by atoms with E-state index in [2.05, 4.69) is 20.4 Å². The maximum atomic E-state index is 11.5. The summed E-state index contributed by atoms with van der Waals surface area (Å²) in [5.41, 5.74) is 5.37. The number of nitrogens with zero attached hydrogens (tertiary/aromatic N) is 3. The number of nitrogens with one attached hydrogen (secondary N) is 1. The van der Waals surface area contributed by atoms with Crippen LogP contribution in [0.5, 0.6) is 0 Å². The molecule has 1 aliphatic rings. The third kappa shape index (κ3) is 1.83. The largest absolute Gasteiger partial charge is 0.374 e. The second kappa shape index (κ2) is 3.50. The van der Waals surface area contributed by atoms with Crippen molar-refractivity contribution in [1.29, 1.82) is 0 Å². The molecule has 76 valence electrons. The number of carbonyl (C=O) groups excluding carboxylic acids is 1. The van der Waals surface area contributed by atoms with Crippen molar-refractivity contribution in [2.75, 3.05) is 25.9 Å². The molecule has 14 heavy (non-hydrogen) atoms. The van der Waals surface area contributed by atoms with Gasteiger partial charge in [0.25, 0.3) is 5.91 Å². The van der Waals surface area contributed by atoms with E-state index in [0.717, 1.165) is 24.4 Å². The molecule has 1 aromatic heterocycles. The third-order valence-electron chi connectivity index (χ3n) is 2.03. The second-order valence-electron chi connectivity index (χ2n) is 3.34. The first kappa shape index (κ1) is 9.35. The lowest BCUT2D eigenvalue weighted by molar-refractivity contribution is 0.0856. The van der Waals surface area contributed by atoms with Crippen molar-refractivity contribution >= 4 is 22.4 Å². The van der Waals surface area contributed by atoms with Crippen LogP contribution >= 0.6 is 11.3 Å². The van der Waals surface area contributed by atoms with Gasteiger partial charge < -0.3 is 16.0 Å². The topological polar surface area (TPSA) is 84.1 Å². The second-order valence-corrected chi connectivity index (χ2v) is 4.35. The number of likely N-dealkylation sites (tertiary alicyclic amines) is 1. The van der Waals surface area contributed by atoms with E-state index in [9.17, 15) is 4.79 Å². The molecule has 1 saturated heterocycles. The van der Waals surface area contributed by atoms with Crippen molar-refractivity contribution in [2.45, 2.75) is 6.04 Å². The first-order chi connectivity index (χ1) is 6.65. The Morgan fingerprint density at radius 3 is 2.86 bits per heavy atom. The van der Waals surface area contributed by atoms with Crippen molar-refractivity contribution in [2.24, 2.45) is 0 Å². The van der Waals surface area contributed by atoms with Crippen LogP contribution < -0.4 is 11.1 Å². The summed E-state index contributed by atoms with van der Waals surface area (Å²) in [4.78, 5) is 13.6. The van der Waals surface area contributed by atoms with E-state index in [1.54, 1.807) is 0 Å². The van der Waals surface area contributed by atoms with Gasteiger partial charge in [0.1, 0.15) is 0 Å². The zero-order valence-corrected chi connectivity index (χ0v) is 8.54. The van der Waals surface area contributed by atoms with Gasteiger partial charge in [-0.15, -0.1) is 10.2 Å². The number of hydrogen-bond donors (Lipinski definition) is 2. The molecular weight excluding hydrogens is 202 g/mol. The summed E-state index contributed by atoms with van der Waals surface area (Å²) in [6.45, 7) is 1.78. The van der Waals surface area contributed by atoms with Crippen LogP contribution in [0.3, 0.4) is 0 Å². The minimum Gasteiger partial charge on any atom is -0.374 e. The van der Waals surface area contributed by atoms with Gasteiger partial charge in [-0.25, -0.2) is 0 Å². The van der Waals surface area contributed by atoms with E-state index in [4.69, 9.17) is 5.73 Å². The summed E-state index contributed by atoms with van der Waals surface area (Å²) < 4.78 is 0. The van der Waals surface area contributed by atoms with E-state index in [1.165, 1.54) is 0 Å². The molecule has 0 radical (unpaired) electrons. The molecule has 7 heteroatoms. The molecule has 1 aromatic rings. The van der Waals surface area contributed by atoms with Crippen LogP contribution in [-0.4, -0.2) is 47.2 Å². The Morgan fingerprint density at radius 2 is 2.36 bits per heavy atom. The lowest BCUT2D eigenvalue weighted by Gasteiger charge is -2.36. The average molecular weight is 213 g/mol. The number of hydrogen-bond acceptors (Lipinski definition) is 6. The zero-order valence-electron chi connectivity index (χ0n) is 7.73. The van der Waals surface area contributed by atoms with Gasteiger partial charge in [-0.3, -0.25) is 4.79 Å². The molecule has 0 bridgehead atoms. The van der Waals surface area contributed by atoms with Gasteiger partial charge >= 0.3 is 0 Å². The first-order valence-electron chi connectivity index (χ1n) is 4.23. The normalized spacial score (nSPS) is 17.8. The van der Waals surface area contributed by atoms with Gasteiger partial charge in [-0.1, -0.05) is 11.3 Å². The van der Waals surface area contributed by atoms with Crippen LogP contribution in [-0.2, 0) is 0 Å². The molecule has 0 spiro atoms. The molecule has 0 aromatic carbocycles. The minimum absolute atomic E-state index is 0.183. The van der Waals surface area contributed by atoms with Crippen molar-refractivity contribution < 1.29 is 4.79 Å². The van der Waals surface area contributed by atoms with Crippen molar-refractivity contribution in [3.05, 3.63) is 5.01 Å². The molecule has 1 amide bonds. The molecule has 1 fully saturated rings. The smallest absolute Gasteiger partial charge is 0.282 e. The fourth-order valence-electron chi connectivity index (χ4n) is 1.36. The fourth-order valence-corrected chi connectivity index (χ4v) is 1.88. The predicted octanol–water partition coefficient (Wildman–Crippen LogP) is -0.836. The highest BCUT2D eigenvalue weighted by molar-refractivity contribution is 7.16. The number of likely N-dealkylation sites (N-methyl/N-ethyl adjacent to an activating group) is 1. The lowest BCUT2D eigenvalue weighted by atomic mass is 10.1. The minimum atomic E-state index is -0.183. The van der Waals surface area contributed by atoms with E-state index < -0.39 is 0 Å². The van der Waals surface area contributed by atoms with Gasteiger partial charge in [0.2, 0.25) is 10.1 Å². The van der Waals surface area contributed by atoms with E-state index in [1.807, 2.05) is 7.05 Å². The molecule has 0 aliphatic carbocycles. The van der Waals surface area contributed by atoms with E-state index >= 15 is 0 Å². The molecule has 6 nitrogen and oxygen atoms in total. The number of amides is 1. The van der Waals surface area contributed by atoms with Crippen LogP contribution in [0, 0.1) is 0 Å². The van der Waals surface area contributed by atoms with Crippen LogP contribution in [0.4, 0.5) is 5.13 Å². The predicted molar refractivity (Wildman–Crippen MR) is 53.1 cm³/mol. The summed E-state index contributed by atoms with van der Waals surface area (Å²) in [6.07, 6.45) is 0. The molecule has 0 atom stereocenters. The molecular formula is C7H11N5OS. The Hall–Kier alpha value is -1.21. The quantitative estimate of drug-likeness (QED) is 0.669. The number of nitrogens with two attached hydrogens (primary N) is 1. The van der Waals surface area contributed by atoms with Gasteiger partial charge in [0.05, 0.1) is 6.04 Å². The molecule has 0 saturated carbocycles. The average Bonchev–Trinajstić information content (AvgIpc) is 2.49. The van der Waals surface area contributed by atoms with Crippen molar-refractivity contribution in [3.63, 3.8) is 0 Å². The highest BCUT2D eigenvalue weighted by Gasteiger charge is 2.26. The number of aromatic nitrogens is 2. The van der Waals surface area contributed by atoms with Gasteiger partial charge in [-0.05, 0) is 7.05 Å². The van der Waals surface area contributed by atoms with Gasteiger partial charge in [-0.2, -0.15) is 0 Å². The molecule has 1 aliphatic heterocycles. The highest BCUT2D eigenvalue weighted by atomic mass is 32.1. The monoisotopic (exact) mass is 213 g/mol. The standard InChI is InChI=1S/C7H11N5OS/c1-12-2-4(3-12)9-5(13)6-10-11-7(8)14-6/h4H,2-3H2,1H3,(H2,8,11)(H,9,13). The summed E-state index contributed by atoms with van der Waals surface area (Å²) in [5.74, 6) is -0.183. The summed E-state index contributed by atoms with van der Waals surface area (Å²) >= 11 is 1.10. The van der Waals surface area contributed by atoms with Gasteiger partial charge in [0, 0.05) is 13.1 Å². The Labute approximate surface area is 85.1 Å². The van der Waals surface area contributed by atoms with Crippen LogP contribution in [0.1, 0.15) is 9.80 Å². The summed E-state index contributed by atoms with van der Waals surface area (Å²) in [5, 5.41) is 10.7. The Morgan fingerprint density at radius 1 is 1.64 bits per heavy atom. The van der Waals surface area contributed by atoms with E-state index in [0.29, 0.717) is 10.1 Å². The van der Waals surface area contributed by atoms with Crippen LogP contribution in [0.2, 0.25) is 0 Å². The number of anilines is 1. The molecule has 2 heterocycles. The Balaban J connectivity index is 1.90. The van der Waals surface area contributed by atoms with Crippen molar-refractivity contribution in [3.8, 4) is 0 Å². The molecule has 0 unspecified atom stereocenters. The SMILES string of the molecule is CN1CC(NC(=O)c2nnc(N)s2)C1. The number of nitrogen functional groups attached to an aromatic ring is 1. The molecule has 2 rings (SSSR count). The van der Waals surface area contributed by atoms with E-state index in [-0.39, 0.29) is 11.9 Å². The number of carbonyl (C=O) groups is 1. The van der Waals surface area contributed by atoms with Gasteiger partial charge in [0.15, 0.2) is 0 Å². The maximum absolute atomic E-state index is 11.5. The number of rotatable bonds is 2. The summed E-state index contributed by atoms with van der Waals surface area (Å²) in [7, 11) is 2.01. The van der Waals surface area contributed by atoms with Crippen LogP contribution in [0.15, 0.2) is 0 Å². The molecule has 3 N–H and O–H groups in total. The Kier molecular flexibility index (Phi) is 2.34. The maximum Gasteiger partial charge on any atom is 0.282 e. The third-order valence-corrected chi connectivity index (χ3v) is 2.79. The van der Waals surface area contributed by atoms with Crippen LogP contribution in [0.25, 0.3) is 0 Å². The summed E-state index contributed by atoms with van der Waals surface area (Å²) in [6, 6.07) is 0.234. The zero-order chi connectivity index (χ0) is 10.1.